The molecule has 0 bridgehead atoms. The van der Waals surface area contributed by atoms with Crippen molar-refractivity contribution in [2.24, 2.45) is 5.41 Å². The number of nitro groups is 1. The number of rotatable bonds is 5. The molecule has 1 N–H and O–H groups in total. The minimum atomic E-state index is -0.504. The van der Waals surface area contributed by atoms with Crippen LogP contribution in [0.4, 0.5) is 11.5 Å². The van der Waals surface area contributed by atoms with Crippen LogP contribution in [0.5, 0.6) is 0 Å². The van der Waals surface area contributed by atoms with Crippen LogP contribution in [0.2, 0.25) is 0 Å². The maximum absolute atomic E-state index is 11.0. The summed E-state index contributed by atoms with van der Waals surface area (Å²) in [6.07, 6.45) is 5.94. The van der Waals surface area contributed by atoms with Crippen LogP contribution < -0.4 is 5.32 Å². The normalized spacial score (nSPS) is 16.2. The second kappa shape index (κ2) is 5.22. The van der Waals surface area contributed by atoms with Crippen molar-refractivity contribution in [2.45, 2.75) is 32.6 Å². The smallest absolute Gasteiger partial charge is 0.312 e. The molecule has 6 nitrogen and oxygen atoms in total. The molecule has 1 aliphatic rings. The van der Waals surface area contributed by atoms with Crippen molar-refractivity contribution in [1.82, 2.24) is 4.98 Å². The van der Waals surface area contributed by atoms with Crippen LogP contribution in [-0.4, -0.2) is 16.5 Å². The Hall–Kier alpha value is -2.16. The van der Waals surface area contributed by atoms with E-state index >= 15 is 0 Å². The Labute approximate surface area is 111 Å². The standard InChI is InChI=1S/C13H16N4O2/c1-2-13(4-3-5-13)9-16-12-11(17(18)19)6-10(7-14)8-15-12/h6,8H,2-5,9H2,1H3,(H,15,16). The first-order chi connectivity index (χ1) is 9.10. The van der Waals surface area contributed by atoms with Gasteiger partial charge in [0.2, 0.25) is 5.82 Å². The van der Waals surface area contributed by atoms with Gasteiger partial charge in [0.1, 0.15) is 6.07 Å². The van der Waals surface area contributed by atoms with Gasteiger partial charge in [0.05, 0.1) is 10.5 Å². The zero-order chi connectivity index (χ0) is 13.9. The zero-order valence-corrected chi connectivity index (χ0v) is 10.8. The lowest BCUT2D eigenvalue weighted by atomic mass is 9.67. The number of anilines is 1. The van der Waals surface area contributed by atoms with Gasteiger partial charge in [-0.3, -0.25) is 10.1 Å². The maximum atomic E-state index is 11.0. The largest absolute Gasteiger partial charge is 0.364 e. The van der Waals surface area contributed by atoms with E-state index in [1.807, 2.05) is 6.07 Å². The van der Waals surface area contributed by atoms with E-state index in [1.54, 1.807) is 0 Å². The fourth-order valence-electron chi connectivity index (χ4n) is 2.39. The van der Waals surface area contributed by atoms with Crippen LogP contribution in [0.25, 0.3) is 0 Å². The van der Waals surface area contributed by atoms with Crippen LogP contribution >= 0.6 is 0 Å². The maximum Gasteiger partial charge on any atom is 0.312 e. The molecule has 0 unspecified atom stereocenters. The third kappa shape index (κ3) is 2.65. The highest BCUT2D eigenvalue weighted by molar-refractivity contribution is 5.58. The van der Waals surface area contributed by atoms with Crippen molar-refractivity contribution in [3.8, 4) is 6.07 Å². The van der Waals surface area contributed by atoms with Gasteiger partial charge in [-0.1, -0.05) is 13.3 Å². The van der Waals surface area contributed by atoms with Crippen molar-refractivity contribution in [2.75, 3.05) is 11.9 Å². The van der Waals surface area contributed by atoms with Gasteiger partial charge in [-0.05, 0) is 24.7 Å². The average Bonchev–Trinajstić information content (AvgIpc) is 2.38. The molecule has 0 spiro atoms. The Morgan fingerprint density at radius 2 is 2.37 bits per heavy atom. The van der Waals surface area contributed by atoms with E-state index < -0.39 is 4.92 Å². The minimum Gasteiger partial charge on any atom is -0.364 e. The third-order valence-corrected chi connectivity index (χ3v) is 3.99. The molecule has 0 aliphatic heterocycles. The molecule has 0 atom stereocenters. The van der Waals surface area contributed by atoms with E-state index in [1.165, 1.54) is 18.7 Å². The number of aromatic nitrogens is 1. The van der Waals surface area contributed by atoms with E-state index in [-0.39, 0.29) is 22.5 Å². The van der Waals surface area contributed by atoms with Crippen molar-refractivity contribution in [1.29, 1.82) is 5.26 Å². The second-order valence-corrected chi connectivity index (χ2v) is 5.02. The predicted octanol–water partition coefficient (Wildman–Crippen LogP) is 2.85. The summed E-state index contributed by atoms with van der Waals surface area (Å²) in [7, 11) is 0. The van der Waals surface area contributed by atoms with E-state index in [0.29, 0.717) is 6.54 Å². The summed E-state index contributed by atoms with van der Waals surface area (Å²) >= 11 is 0. The predicted molar refractivity (Wildman–Crippen MR) is 70.7 cm³/mol. The van der Waals surface area contributed by atoms with Crippen molar-refractivity contribution < 1.29 is 4.92 Å². The van der Waals surface area contributed by atoms with Gasteiger partial charge in [-0.15, -0.1) is 0 Å². The fraction of sp³-hybridized carbons (Fsp3) is 0.538. The third-order valence-electron chi connectivity index (χ3n) is 3.99. The molecular weight excluding hydrogens is 244 g/mol. The summed E-state index contributed by atoms with van der Waals surface area (Å²) in [4.78, 5) is 14.5. The SMILES string of the molecule is CCC1(CNc2ncc(C#N)cc2[N+](=O)[O-])CCC1. The summed E-state index contributed by atoms with van der Waals surface area (Å²) in [6.45, 7) is 2.84. The van der Waals surface area contributed by atoms with Crippen LogP contribution in [0.3, 0.4) is 0 Å². The number of nitrogens with zero attached hydrogens (tertiary/aromatic N) is 3. The van der Waals surface area contributed by atoms with Gasteiger partial charge in [0.15, 0.2) is 0 Å². The summed E-state index contributed by atoms with van der Waals surface area (Å²) in [5.41, 5.74) is 0.319. The Balaban J connectivity index is 2.16. The molecular formula is C13H16N4O2. The summed E-state index contributed by atoms with van der Waals surface area (Å²) in [5, 5.41) is 22.8. The molecule has 1 aliphatic carbocycles. The highest BCUT2D eigenvalue weighted by Crippen LogP contribution is 2.43. The Kier molecular flexibility index (Phi) is 3.65. The van der Waals surface area contributed by atoms with Gasteiger partial charge in [0.25, 0.3) is 0 Å². The molecule has 1 fully saturated rings. The molecule has 19 heavy (non-hydrogen) atoms. The van der Waals surface area contributed by atoms with Gasteiger partial charge >= 0.3 is 5.69 Å². The van der Waals surface area contributed by atoms with Gasteiger partial charge in [0, 0.05) is 18.8 Å². The zero-order valence-electron chi connectivity index (χ0n) is 10.8. The van der Waals surface area contributed by atoms with Gasteiger partial charge < -0.3 is 5.32 Å². The van der Waals surface area contributed by atoms with Gasteiger partial charge in [-0.2, -0.15) is 5.26 Å². The second-order valence-electron chi connectivity index (χ2n) is 5.02. The molecule has 2 rings (SSSR count). The van der Waals surface area contributed by atoms with E-state index in [9.17, 15) is 10.1 Å². The molecule has 0 amide bonds. The fourth-order valence-corrected chi connectivity index (χ4v) is 2.39. The minimum absolute atomic E-state index is 0.135. The lowest BCUT2D eigenvalue weighted by molar-refractivity contribution is -0.384. The molecule has 0 saturated heterocycles. The number of hydrogen-bond acceptors (Lipinski definition) is 5. The molecule has 0 radical (unpaired) electrons. The van der Waals surface area contributed by atoms with E-state index in [0.717, 1.165) is 19.3 Å². The topological polar surface area (TPSA) is 91.8 Å². The van der Waals surface area contributed by atoms with Crippen LogP contribution in [0, 0.1) is 26.9 Å². The van der Waals surface area contributed by atoms with Crippen LogP contribution in [-0.2, 0) is 0 Å². The molecule has 100 valence electrons. The van der Waals surface area contributed by atoms with E-state index in [4.69, 9.17) is 5.26 Å². The summed E-state index contributed by atoms with van der Waals surface area (Å²) in [5.74, 6) is 0.253. The number of pyridine rings is 1. The molecule has 1 saturated carbocycles. The summed E-state index contributed by atoms with van der Waals surface area (Å²) in [6, 6.07) is 3.12. The Morgan fingerprint density at radius 3 is 2.84 bits per heavy atom. The lowest BCUT2D eigenvalue weighted by Crippen LogP contribution is -2.36. The summed E-state index contributed by atoms with van der Waals surface area (Å²) < 4.78 is 0. The highest BCUT2D eigenvalue weighted by Gasteiger charge is 2.35. The number of hydrogen-bond donors (Lipinski definition) is 1. The first kappa shape index (κ1) is 13.3. The molecule has 1 heterocycles. The van der Waals surface area contributed by atoms with Crippen LogP contribution in [0.1, 0.15) is 38.2 Å². The Bertz CT molecular complexity index is 526. The number of nitrogens with one attached hydrogen (secondary N) is 1. The average molecular weight is 260 g/mol. The van der Waals surface area contributed by atoms with Gasteiger partial charge in [-0.25, -0.2) is 4.98 Å². The first-order valence-electron chi connectivity index (χ1n) is 6.39. The quantitative estimate of drug-likeness (QED) is 0.649. The monoisotopic (exact) mass is 260 g/mol. The molecule has 6 heteroatoms. The molecule has 0 aromatic carbocycles. The van der Waals surface area contributed by atoms with Crippen molar-refractivity contribution >= 4 is 11.5 Å². The Morgan fingerprint density at radius 1 is 1.63 bits per heavy atom. The van der Waals surface area contributed by atoms with Crippen molar-refractivity contribution in [3.63, 3.8) is 0 Å². The highest BCUT2D eigenvalue weighted by atomic mass is 16.6. The van der Waals surface area contributed by atoms with Crippen molar-refractivity contribution in [3.05, 3.63) is 27.9 Å². The molecule has 1 aromatic rings. The van der Waals surface area contributed by atoms with Crippen LogP contribution in [0.15, 0.2) is 12.3 Å². The number of nitriles is 1. The first-order valence-corrected chi connectivity index (χ1v) is 6.39. The van der Waals surface area contributed by atoms with E-state index in [2.05, 4.69) is 17.2 Å². The molecule has 1 aromatic heterocycles. The lowest BCUT2D eigenvalue weighted by Gasteiger charge is -2.41.